The number of amides is 2. The number of aromatic nitrogens is 2. The first-order chi connectivity index (χ1) is 19.6. The van der Waals surface area contributed by atoms with Crippen LogP contribution in [0.2, 0.25) is 0 Å². The van der Waals surface area contributed by atoms with Gasteiger partial charge in [0, 0.05) is 31.1 Å². The van der Waals surface area contributed by atoms with E-state index in [0.717, 1.165) is 40.8 Å². The van der Waals surface area contributed by atoms with Crippen molar-refractivity contribution in [2.45, 2.75) is 50.6 Å². The van der Waals surface area contributed by atoms with E-state index in [0.29, 0.717) is 44.3 Å². The van der Waals surface area contributed by atoms with E-state index in [2.05, 4.69) is 9.88 Å². The molecule has 2 aliphatic rings. The number of benzene rings is 2. The standard InChI is InChI=1S/C31H34N4O5/c36-25-9-6-21(7-10-25)18-27(31(38)34-13-16-39-17-14-34)33-30(37)22-8-11-28-26(19-22)32-29(23-12-15-40-20-23)35(28)24-4-2-1-3-5-24/h6-12,15,19-20,24,27,36H,1-5,13-14,16-18H2,(H,33,37)/t27-/m0/s1. The third kappa shape index (κ3) is 5.47. The van der Waals surface area contributed by atoms with E-state index in [1.54, 1.807) is 41.7 Å². The smallest absolute Gasteiger partial charge is 0.252 e. The molecule has 9 nitrogen and oxygen atoms in total. The van der Waals surface area contributed by atoms with Gasteiger partial charge in [-0.25, -0.2) is 4.98 Å². The summed E-state index contributed by atoms with van der Waals surface area (Å²) in [5.74, 6) is 0.527. The van der Waals surface area contributed by atoms with E-state index in [-0.39, 0.29) is 17.6 Å². The van der Waals surface area contributed by atoms with Crippen molar-refractivity contribution >= 4 is 22.8 Å². The maximum atomic E-state index is 13.6. The van der Waals surface area contributed by atoms with Crippen molar-refractivity contribution in [3.05, 3.63) is 72.2 Å². The Morgan fingerprint density at radius 2 is 1.80 bits per heavy atom. The number of carbonyl (C=O) groups excluding carboxylic acids is 2. The van der Waals surface area contributed by atoms with Gasteiger partial charge in [-0.05, 0) is 54.8 Å². The van der Waals surface area contributed by atoms with Gasteiger partial charge < -0.3 is 29.0 Å². The molecule has 9 heteroatoms. The molecule has 2 fully saturated rings. The molecule has 2 amide bonds. The van der Waals surface area contributed by atoms with Crippen molar-refractivity contribution in [1.82, 2.24) is 19.8 Å². The molecular formula is C31H34N4O5. The Kier molecular flexibility index (Phi) is 7.55. The molecule has 1 saturated carbocycles. The molecule has 208 valence electrons. The van der Waals surface area contributed by atoms with Gasteiger partial charge in [0.1, 0.15) is 23.9 Å². The molecule has 40 heavy (non-hydrogen) atoms. The second kappa shape index (κ2) is 11.6. The lowest BCUT2D eigenvalue weighted by atomic mass is 9.95. The summed E-state index contributed by atoms with van der Waals surface area (Å²) in [5.41, 5.74) is 3.94. The number of carbonyl (C=O) groups is 2. The normalized spacial score (nSPS) is 17.1. The molecule has 1 atom stereocenters. The number of phenols is 1. The monoisotopic (exact) mass is 542 g/mol. The van der Waals surface area contributed by atoms with Gasteiger partial charge in [0.2, 0.25) is 5.91 Å². The zero-order valence-electron chi connectivity index (χ0n) is 22.4. The molecule has 0 bridgehead atoms. The SMILES string of the molecule is O=C(N[C@@H](Cc1ccc(O)cc1)C(=O)N1CCOCC1)c1ccc2c(c1)nc(-c1ccoc1)n2C1CCCCC1. The first-order valence-corrected chi connectivity index (χ1v) is 14.1. The Morgan fingerprint density at radius 1 is 1.02 bits per heavy atom. The largest absolute Gasteiger partial charge is 0.508 e. The van der Waals surface area contributed by atoms with Crippen LogP contribution in [0.1, 0.15) is 54.1 Å². The average Bonchev–Trinajstić information content (AvgIpc) is 3.66. The highest BCUT2D eigenvalue weighted by atomic mass is 16.5. The van der Waals surface area contributed by atoms with Crippen LogP contribution in [0.15, 0.2) is 65.5 Å². The number of imidazole rings is 1. The second-order valence-electron chi connectivity index (χ2n) is 10.6. The number of nitrogens with zero attached hydrogens (tertiary/aromatic N) is 3. The number of fused-ring (bicyclic) bond motifs is 1. The van der Waals surface area contributed by atoms with Crippen LogP contribution in [-0.2, 0) is 16.0 Å². The molecule has 0 radical (unpaired) electrons. The highest BCUT2D eigenvalue weighted by Crippen LogP contribution is 2.36. The van der Waals surface area contributed by atoms with E-state index in [9.17, 15) is 14.7 Å². The van der Waals surface area contributed by atoms with Crippen LogP contribution in [0.25, 0.3) is 22.4 Å². The van der Waals surface area contributed by atoms with Crippen LogP contribution in [0.4, 0.5) is 0 Å². The van der Waals surface area contributed by atoms with Gasteiger partial charge in [-0.15, -0.1) is 0 Å². The highest BCUT2D eigenvalue weighted by molar-refractivity contribution is 6.00. The lowest BCUT2D eigenvalue weighted by Gasteiger charge is -2.31. The third-order valence-corrected chi connectivity index (χ3v) is 7.97. The Bertz CT molecular complexity index is 1470. The fraction of sp³-hybridized carbons (Fsp3) is 0.387. The zero-order valence-corrected chi connectivity index (χ0v) is 22.4. The summed E-state index contributed by atoms with van der Waals surface area (Å²) < 4.78 is 13.1. The highest BCUT2D eigenvalue weighted by Gasteiger charge is 2.29. The Morgan fingerprint density at radius 3 is 2.52 bits per heavy atom. The molecular weight excluding hydrogens is 508 g/mol. The van der Waals surface area contributed by atoms with Gasteiger partial charge in [0.15, 0.2) is 0 Å². The molecule has 2 aromatic carbocycles. The second-order valence-corrected chi connectivity index (χ2v) is 10.6. The lowest BCUT2D eigenvalue weighted by Crippen LogP contribution is -2.52. The average molecular weight is 543 g/mol. The number of phenolic OH excluding ortho intramolecular Hbond substituents is 1. The summed E-state index contributed by atoms with van der Waals surface area (Å²) in [7, 11) is 0. The topological polar surface area (TPSA) is 110 Å². The van der Waals surface area contributed by atoms with E-state index >= 15 is 0 Å². The third-order valence-electron chi connectivity index (χ3n) is 7.97. The minimum absolute atomic E-state index is 0.144. The maximum absolute atomic E-state index is 13.6. The molecule has 1 aliphatic carbocycles. The number of morpholine rings is 1. The van der Waals surface area contributed by atoms with Gasteiger partial charge in [-0.2, -0.15) is 0 Å². The van der Waals surface area contributed by atoms with Crippen LogP contribution in [-0.4, -0.2) is 63.7 Å². The molecule has 3 heterocycles. The minimum atomic E-state index is -0.757. The van der Waals surface area contributed by atoms with E-state index in [1.807, 2.05) is 24.3 Å². The zero-order chi connectivity index (χ0) is 27.5. The molecule has 2 aromatic heterocycles. The van der Waals surface area contributed by atoms with Crippen LogP contribution in [0.3, 0.4) is 0 Å². The minimum Gasteiger partial charge on any atom is -0.508 e. The van der Waals surface area contributed by atoms with Crippen molar-refractivity contribution in [2.75, 3.05) is 26.3 Å². The van der Waals surface area contributed by atoms with Crippen molar-refractivity contribution < 1.29 is 23.8 Å². The number of ether oxygens (including phenoxy) is 1. The van der Waals surface area contributed by atoms with Crippen molar-refractivity contribution in [3.8, 4) is 17.1 Å². The number of hydrogen-bond donors (Lipinski definition) is 2. The van der Waals surface area contributed by atoms with E-state index in [4.69, 9.17) is 14.1 Å². The van der Waals surface area contributed by atoms with E-state index in [1.165, 1.54) is 19.3 Å². The Balaban J connectivity index is 1.29. The first kappa shape index (κ1) is 26.1. The van der Waals surface area contributed by atoms with Crippen molar-refractivity contribution in [3.63, 3.8) is 0 Å². The summed E-state index contributed by atoms with van der Waals surface area (Å²) in [6.45, 7) is 1.93. The quantitative estimate of drug-likeness (QED) is 0.350. The number of nitrogens with one attached hydrogen (secondary N) is 1. The first-order valence-electron chi connectivity index (χ1n) is 14.1. The number of hydrogen-bond acceptors (Lipinski definition) is 6. The van der Waals surface area contributed by atoms with Gasteiger partial charge in [-0.3, -0.25) is 9.59 Å². The summed E-state index contributed by atoms with van der Waals surface area (Å²) >= 11 is 0. The number of aromatic hydroxyl groups is 1. The fourth-order valence-electron chi connectivity index (χ4n) is 5.86. The van der Waals surface area contributed by atoms with Crippen LogP contribution in [0, 0.1) is 0 Å². The Labute approximate surface area is 232 Å². The lowest BCUT2D eigenvalue weighted by molar-refractivity contribution is -0.137. The summed E-state index contributed by atoms with van der Waals surface area (Å²) in [6.07, 6.45) is 9.50. The molecule has 1 saturated heterocycles. The fourth-order valence-corrected chi connectivity index (χ4v) is 5.86. The molecule has 0 unspecified atom stereocenters. The van der Waals surface area contributed by atoms with Gasteiger partial charge >= 0.3 is 0 Å². The maximum Gasteiger partial charge on any atom is 0.252 e. The molecule has 1 aliphatic heterocycles. The van der Waals surface area contributed by atoms with Crippen LogP contribution < -0.4 is 5.32 Å². The van der Waals surface area contributed by atoms with E-state index < -0.39 is 6.04 Å². The number of furan rings is 1. The Hall–Kier alpha value is -4.11. The molecule has 2 N–H and O–H groups in total. The summed E-state index contributed by atoms with van der Waals surface area (Å²) in [5, 5.41) is 12.7. The van der Waals surface area contributed by atoms with Crippen molar-refractivity contribution in [1.29, 1.82) is 0 Å². The predicted molar refractivity (Wildman–Crippen MR) is 150 cm³/mol. The van der Waals surface area contributed by atoms with Crippen LogP contribution >= 0.6 is 0 Å². The summed E-state index contributed by atoms with van der Waals surface area (Å²) in [4.78, 5) is 33.7. The predicted octanol–water partition coefficient (Wildman–Crippen LogP) is 4.71. The number of rotatable bonds is 7. The van der Waals surface area contributed by atoms with Crippen LogP contribution in [0.5, 0.6) is 5.75 Å². The van der Waals surface area contributed by atoms with Crippen molar-refractivity contribution in [2.24, 2.45) is 0 Å². The van der Waals surface area contributed by atoms with Gasteiger partial charge in [0.25, 0.3) is 5.91 Å². The molecule has 0 spiro atoms. The molecule has 4 aromatic rings. The molecule has 6 rings (SSSR count). The summed E-state index contributed by atoms with van der Waals surface area (Å²) in [6, 6.07) is 13.8. The van der Waals surface area contributed by atoms with Gasteiger partial charge in [0.05, 0.1) is 36.1 Å². The van der Waals surface area contributed by atoms with Gasteiger partial charge in [-0.1, -0.05) is 31.4 Å².